The number of para-hydroxylation sites is 1. The van der Waals surface area contributed by atoms with E-state index in [2.05, 4.69) is 0 Å². The van der Waals surface area contributed by atoms with Crippen LogP contribution in [0.2, 0.25) is 0 Å². The topological polar surface area (TPSA) is 84.0 Å². The lowest BCUT2D eigenvalue weighted by Crippen LogP contribution is -2.36. The number of carbonyl (C=O) groups excluding carboxylic acids is 4. The lowest BCUT2D eigenvalue weighted by molar-refractivity contribution is -0.143. The van der Waals surface area contributed by atoms with Gasteiger partial charge in [0.2, 0.25) is 0 Å². The van der Waals surface area contributed by atoms with Crippen molar-refractivity contribution < 1.29 is 23.9 Å². The van der Waals surface area contributed by atoms with Crippen LogP contribution in [0.5, 0.6) is 5.75 Å². The Morgan fingerprint density at radius 3 is 2.44 bits per heavy atom. The number of urea groups is 1. The van der Waals surface area contributed by atoms with Crippen LogP contribution in [0.15, 0.2) is 41.8 Å². The monoisotopic (exact) mass is 358 g/mol. The van der Waals surface area contributed by atoms with Crippen molar-refractivity contribution in [1.82, 2.24) is 9.80 Å². The van der Waals surface area contributed by atoms with Gasteiger partial charge in [0.25, 0.3) is 0 Å². The van der Waals surface area contributed by atoms with Crippen molar-refractivity contribution in [3.05, 3.63) is 52.2 Å². The summed E-state index contributed by atoms with van der Waals surface area (Å²) in [6.07, 6.45) is 0. The summed E-state index contributed by atoms with van der Waals surface area (Å²) in [5.74, 6) is -2.06. The molecule has 0 radical (unpaired) electrons. The van der Waals surface area contributed by atoms with E-state index in [1.54, 1.807) is 30.3 Å². The number of imide groups is 2. The van der Waals surface area contributed by atoms with E-state index in [4.69, 9.17) is 4.74 Å². The standard InChI is InChI=1S/C17H14N2O5S/c1-24-14-7-3-2-6-12(14)13(20)10-19-16(22)15(21)18(17(19)23)9-11-5-4-8-25-11/h2-8H,9-10H2,1H3. The van der Waals surface area contributed by atoms with E-state index in [1.807, 2.05) is 5.38 Å². The second-order valence-electron chi connectivity index (χ2n) is 5.27. The zero-order valence-electron chi connectivity index (χ0n) is 13.3. The normalized spacial score (nSPS) is 14.4. The number of rotatable bonds is 6. The van der Waals surface area contributed by atoms with Crippen LogP contribution in [-0.4, -0.2) is 47.1 Å². The third-order valence-electron chi connectivity index (χ3n) is 3.74. The van der Waals surface area contributed by atoms with Crippen LogP contribution in [0.25, 0.3) is 0 Å². The van der Waals surface area contributed by atoms with Crippen molar-refractivity contribution >= 4 is 35.0 Å². The highest BCUT2D eigenvalue weighted by atomic mass is 32.1. The Morgan fingerprint density at radius 2 is 1.76 bits per heavy atom. The third-order valence-corrected chi connectivity index (χ3v) is 4.60. The van der Waals surface area contributed by atoms with Gasteiger partial charge in [-0.2, -0.15) is 0 Å². The van der Waals surface area contributed by atoms with E-state index in [9.17, 15) is 19.2 Å². The van der Waals surface area contributed by atoms with Crippen LogP contribution in [-0.2, 0) is 16.1 Å². The van der Waals surface area contributed by atoms with Crippen LogP contribution in [0, 0.1) is 0 Å². The first-order chi connectivity index (χ1) is 12.0. The summed E-state index contributed by atoms with van der Waals surface area (Å²) in [7, 11) is 1.42. The minimum atomic E-state index is -0.996. The Morgan fingerprint density at radius 1 is 1.04 bits per heavy atom. The van der Waals surface area contributed by atoms with Crippen LogP contribution >= 0.6 is 11.3 Å². The molecule has 2 aromatic rings. The predicted octanol–water partition coefficient (Wildman–Crippen LogP) is 1.93. The van der Waals surface area contributed by atoms with Gasteiger partial charge in [-0.25, -0.2) is 9.69 Å². The van der Waals surface area contributed by atoms with Crippen molar-refractivity contribution in [2.24, 2.45) is 0 Å². The van der Waals surface area contributed by atoms with E-state index in [0.717, 1.165) is 9.78 Å². The molecule has 128 valence electrons. The first kappa shape index (κ1) is 16.8. The van der Waals surface area contributed by atoms with Gasteiger partial charge in [0.1, 0.15) is 5.75 Å². The molecule has 0 atom stereocenters. The second kappa shape index (κ2) is 6.86. The van der Waals surface area contributed by atoms with Gasteiger partial charge in [0.15, 0.2) is 5.78 Å². The first-order valence-electron chi connectivity index (χ1n) is 7.39. The Bertz CT molecular complexity index is 846. The van der Waals surface area contributed by atoms with Crippen LogP contribution in [0.3, 0.4) is 0 Å². The molecule has 0 unspecified atom stereocenters. The third kappa shape index (κ3) is 3.16. The van der Waals surface area contributed by atoms with Crippen LogP contribution < -0.4 is 4.74 Å². The van der Waals surface area contributed by atoms with Gasteiger partial charge in [-0.15, -0.1) is 11.3 Å². The number of carbonyl (C=O) groups is 4. The molecule has 0 aliphatic carbocycles. The van der Waals surface area contributed by atoms with Gasteiger partial charge in [0.05, 0.1) is 25.8 Å². The van der Waals surface area contributed by atoms with Crippen LogP contribution in [0.1, 0.15) is 15.2 Å². The molecular weight excluding hydrogens is 344 g/mol. The molecular formula is C17H14N2O5S. The number of nitrogens with zero attached hydrogens (tertiary/aromatic N) is 2. The summed E-state index contributed by atoms with van der Waals surface area (Å²) in [5, 5.41) is 1.81. The molecule has 1 aromatic heterocycles. The van der Waals surface area contributed by atoms with Crippen molar-refractivity contribution in [3.63, 3.8) is 0 Å². The number of Topliss-reactive ketones (excluding diaryl/α,β-unsaturated/α-hetero) is 1. The zero-order chi connectivity index (χ0) is 18.0. The van der Waals surface area contributed by atoms with Gasteiger partial charge in [-0.3, -0.25) is 19.3 Å². The van der Waals surface area contributed by atoms with Gasteiger partial charge in [0, 0.05) is 4.88 Å². The molecule has 4 amide bonds. The van der Waals surface area contributed by atoms with Gasteiger partial charge < -0.3 is 4.74 Å². The van der Waals surface area contributed by atoms with E-state index in [1.165, 1.54) is 24.5 Å². The predicted molar refractivity (Wildman–Crippen MR) is 89.3 cm³/mol. The maximum absolute atomic E-state index is 12.4. The van der Waals surface area contributed by atoms with E-state index >= 15 is 0 Å². The number of benzene rings is 1. The zero-order valence-corrected chi connectivity index (χ0v) is 14.1. The van der Waals surface area contributed by atoms with Gasteiger partial charge >= 0.3 is 17.8 Å². The van der Waals surface area contributed by atoms with Crippen molar-refractivity contribution in [3.8, 4) is 5.75 Å². The molecule has 7 nitrogen and oxygen atoms in total. The Balaban J connectivity index is 1.78. The largest absolute Gasteiger partial charge is 0.496 e. The SMILES string of the molecule is COc1ccccc1C(=O)CN1C(=O)C(=O)N(Cc2cccs2)C1=O. The summed E-state index contributed by atoms with van der Waals surface area (Å²) >= 11 is 1.37. The average molecular weight is 358 g/mol. The van der Waals surface area contributed by atoms with Crippen molar-refractivity contribution in [2.75, 3.05) is 13.7 Å². The second-order valence-corrected chi connectivity index (χ2v) is 6.30. The highest BCUT2D eigenvalue weighted by molar-refractivity contribution is 7.09. The first-order valence-corrected chi connectivity index (χ1v) is 8.27. The molecule has 0 N–H and O–H groups in total. The fraction of sp³-hybridized carbons (Fsp3) is 0.176. The minimum absolute atomic E-state index is 0.0143. The fourth-order valence-corrected chi connectivity index (χ4v) is 3.18. The summed E-state index contributed by atoms with van der Waals surface area (Å²) in [4.78, 5) is 51.3. The fourth-order valence-electron chi connectivity index (χ4n) is 2.49. The summed E-state index contributed by atoms with van der Waals surface area (Å²) in [6, 6.07) is 9.26. The van der Waals surface area contributed by atoms with Crippen molar-refractivity contribution in [1.29, 1.82) is 0 Å². The number of thiophene rings is 1. The molecule has 1 saturated heterocycles. The van der Waals surface area contributed by atoms with Gasteiger partial charge in [-0.05, 0) is 23.6 Å². The number of amides is 4. The van der Waals surface area contributed by atoms with Crippen molar-refractivity contribution in [2.45, 2.75) is 6.54 Å². The molecule has 1 aliphatic rings. The minimum Gasteiger partial charge on any atom is -0.496 e. The molecule has 1 fully saturated rings. The highest BCUT2D eigenvalue weighted by Gasteiger charge is 2.45. The lowest BCUT2D eigenvalue weighted by Gasteiger charge is -2.15. The number of hydrogen-bond donors (Lipinski definition) is 0. The highest BCUT2D eigenvalue weighted by Crippen LogP contribution is 2.22. The van der Waals surface area contributed by atoms with E-state index in [-0.39, 0.29) is 12.1 Å². The molecule has 0 spiro atoms. The maximum Gasteiger partial charge on any atom is 0.335 e. The summed E-state index contributed by atoms with van der Waals surface area (Å²) < 4.78 is 5.11. The average Bonchev–Trinajstić information content (AvgIpc) is 3.21. The number of ether oxygens (including phenoxy) is 1. The Kier molecular flexibility index (Phi) is 4.62. The van der Waals surface area contributed by atoms with E-state index < -0.39 is 30.2 Å². The Labute approximate surface area is 147 Å². The quantitative estimate of drug-likeness (QED) is 0.448. The molecule has 1 aliphatic heterocycles. The number of hydrogen-bond acceptors (Lipinski definition) is 6. The van der Waals surface area contributed by atoms with E-state index in [0.29, 0.717) is 10.6 Å². The molecule has 3 rings (SSSR count). The maximum atomic E-state index is 12.4. The number of ketones is 1. The number of methoxy groups -OCH3 is 1. The summed E-state index contributed by atoms with van der Waals surface area (Å²) in [6.45, 7) is -0.495. The molecule has 8 heteroatoms. The molecule has 1 aromatic carbocycles. The molecule has 2 heterocycles. The smallest absolute Gasteiger partial charge is 0.335 e. The molecule has 0 bridgehead atoms. The molecule has 0 saturated carbocycles. The van der Waals surface area contributed by atoms with Gasteiger partial charge in [-0.1, -0.05) is 18.2 Å². The Hall–Kier alpha value is -3.00. The summed E-state index contributed by atoms with van der Waals surface area (Å²) in [5.41, 5.74) is 0.245. The lowest BCUT2D eigenvalue weighted by atomic mass is 10.1. The van der Waals surface area contributed by atoms with Crippen LogP contribution in [0.4, 0.5) is 4.79 Å². The molecule has 25 heavy (non-hydrogen) atoms.